The van der Waals surface area contributed by atoms with Crippen LogP contribution in [-0.2, 0) is 18.4 Å². The first-order valence-electron chi connectivity index (χ1n) is 10.3. The van der Waals surface area contributed by atoms with Gasteiger partial charge in [0.25, 0.3) is 0 Å². The van der Waals surface area contributed by atoms with Crippen LogP contribution in [0.25, 0.3) is 22.6 Å². The Hall–Kier alpha value is -3.66. The highest BCUT2D eigenvalue weighted by atomic mass is 32.2. The number of aromatic nitrogens is 5. The van der Waals surface area contributed by atoms with Crippen molar-refractivity contribution in [2.24, 2.45) is 7.05 Å². The van der Waals surface area contributed by atoms with Crippen LogP contribution in [0.2, 0.25) is 0 Å². The van der Waals surface area contributed by atoms with E-state index < -0.39 is 0 Å². The van der Waals surface area contributed by atoms with Gasteiger partial charge in [-0.3, -0.25) is 9.48 Å². The van der Waals surface area contributed by atoms with Crippen LogP contribution in [0.15, 0.2) is 59.9 Å². The van der Waals surface area contributed by atoms with Crippen LogP contribution in [0.1, 0.15) is 6.92 Å². The van der Waals surface area contributed by atoms with Gasteiger partial charge in [0, 0.05) is 31.0 Å². The number of carbonyl (C=O) groups excluding carboxylic acids is 1. The predicted molar refractivity (Wildman–Crippen MR) is 126 cm³/mol. The van der Waals surface area contributed by atoms with Crippen LogP contribution in [-0.4, -0.2) is 43.3 Å². The van der Waals surface area contributed by atoms with E-state index in [0.29, 0.717) is 28.9 Å². The number of ether oxygens (including phenoxy) is 1. The van der Waals surface area contributed by atoms with Crippen molar-refractivity contribution in [2.75, 3.05) is 18.2 Å². The van der Waals surface area contributed by atoms with Crippen molar-refractivity contribution in [2.45, 2.75) is 18.6 Å². The lowest BCUT2D eigenvalue weighted by molar-refractivity contribution is -0.113. The Bertz CT molecular complexity index is 1250. The molecule has 0 saturated heterocycles. The van der Waals surface area contributed by atoms with Crippen LogP contribution < -0.4 is 10.1 Å². The maximum Gasteiger partial charge on any atom is 0.234 e. The molecule has 0 aliphatic rings. The minimum atomic E-state index is -0.306. The van der Waals surface area contributed by atoms with E-state index in [1.807, 2.05) is 24.7 Å². The lowest BCUT2D eigenvalue weighted by Crippen LogP contribution is -2.14. The fourth-order valence-corrected chi connectivity index (χ4v) is 4.16. The minimum Gasteiger partial charge on any atom is -0.497 e. The number of hydrogen-bond acceptors (Lipinski definition) is 6. The maximum atomic E-state index is 13.4. The predicted octanol–water partition coefficient (Wildman–Crippen LogP) is 4.24. The van der Waals surface area contributed by atoms with Crippen molar-refractivity contribution in [1.82, 2.24) is 24.5 Å². The molecule has 33 heavy (non-hydrogen) atoms. The second kappa shape index (κ2) is 9.86. The molecule has 8 nitrogen and oxygen atoms in total. The van der Waals surface area contributed by atoms with Gasteiger partial charge in [-0.05, 0) is 55.5 Å². The van der Waals surface area contributed by atoms with Crippen molar-refractivity contribution in [3.8, 4) is 28.4 Å². The Balaban J connectivity index is 1.52. The highest BCUT2D eigenvalue weighted by Gasteiger charge is 2.20. The third kappa shape index (κ3) is 5.06. The monoisotopic (exact) mass is 466 g/mol. The second-order valence-corrected chi connectivity index (χ2v) is 8.13. The van der Waals surface area contributed by atoms with Gasteiger partial charge in [0.05, 0.1) is 18.4 Å². The number of nitrogens with one attached hydrogen (secondary N) is 1. The summed E-state index contributed by atoms with van der Waals surface area (Å²) < 4.78 is 22.1. The summed E-state index contributed by atoms with van der Waals surface area (Å²) in [6.07, 6.45) is 1.86. The Kier molecular flexibility index (Phi) is 6.74. The van der Waals surface area contributed by atoms with Crippen LogP contribution in [0.3, 0.4) is 0 Å². The van der Waals surface area contributed by atoms with Gasteiger partial charge in [-0.25, -0.2) is 4.39 Å². The lowest BCUT2D eigenvalue weighted by atomic mass is 10.1. The quantitative estimate of drug-likeness (QED) is 0.391. The summed E-state index contributed by atoms with van der Waals surface area (Å²) >= 11 is 1.31. The summed E-state index contributed by atoms with van der Waals surface area (Å²) in [4.78, 5) is 12.4. The molecular formula is C23H23FN6O2S. The van der Waals surface area contributed by atoms with E-state index in [4.69, 9.17) is 4.74 Å². The summed E-state index contributed by atoms with van der Waals surface area (Å²) in [6, 6.07) is 13.3. The first-order valence-corrected chi connectivity index (χ1v) is 11.3. The van der Waals surface area contributed by atoms with Crippen LogP contribution in [0.5, 0.6) is 5.75 Å². The topological polar surface area (TPSA) is 86.9 Å². The zero-order valence-electron chi connectivity index (χ0n) is 18.4. The van der Waals surface area contributed by atoms with Gasteiger partial charge in [0.1, 0.15) is 17.3 Å². The van der Waals surface area contributed by atoms with E-state index in [9.17, 15) is 9.18 Å². The number of benzene rings is 2. The number of rotatable bonds is 8. The molecule has 170 valence electrons. The molecular weight excluding hydrogens is 443 g/mol. The standard InChI is InChI=1S/C23H23FN6O2S/c1-4-30-22(19-13-29(2)28-21(19)15-5-7-16(24)8-6-15)26-27-23(30)33-14-20(31)25-17-9-11-18(32-3)12-10-17/h5-13H,4,14H2,1-3H3,(H,25,31). The minimum absolute atomic E-state index is 0.147. The Labute approximate surface area is 194 Å². The lowest BCUT2D eigenvalue weighted by Gasteiger charge is -2.08. The summed E-state index contributed by atoms with van der Waals surface area (Å²) in [5, 5.41) is 16.7. The number of thioether (sulfide) groups is 1. The molecule has 10 heteroatoms. The second-order valence-electron chi connectivity index (χ2n) is 7.19. The van der Waals surface area contributed by atoms with Crippen molar-refractivity contribution in [3.05, 3.63) is 60.5 Å². The zero-order chi connectivity index (χ0) is 23.4. The number of carbonyl (C=O) groups is 1. The molecule has 0 unspecified atom stereocenters. The van der Waals surface area contributed by atoms with Crippen molar-refractivity contribution < 1.29 is 13.9 Å². The number of aryl methyl sites for hydroxylation is 1. The van der Waals surface area contributed by atoms with Crippen LogP contribution in [0, 0.1) is 5.82 Å². The van der Waals surface area contributed by atoms with E-state index in [1.54, 1.807) is 48.2 Å². The van der Waals surface area contributed by atoms with E-state index >= 15 is 0 Å². The molecule has 0 spiro atoms. The smallest absolute Gasteiger partial charge is 0.234 e. The Morgan fingerprint density at radius 3 is 2.52 bits per heavy atom. The third-order valence-electron chi connectivity index (χ3n) is 4.93. The number of nitrogens with zero attached hydrogens (tertiary/aromatic N) is 5. The Morgan fingerprint density at radius 1 is 1.12 bits per heavy atom. The number of halogens is 1. The van der Waals surface area contributed by atoms with Gasteiger partial charge in [0.15, 0.2) is 11.0 Å². The third-order valence-corrected chi connectivity index (χ3v) is 5.89. The molecule has 2 aromatic heterocycles. The fraction of sp³-hybridized carbons (Fsp3) is 0.217. The van der Waals surface area contributed by atoms with Gasteiger partial charge in [0.2, 0.25) is 5.91 Å². The van der Waals surface area contributed by atoms with Crippen LogP contribution in [0.4, 0.5) is 10.1 Å². The first-order chi connectivity index (χ1) is 16.0. The average molecular weight is 467 g/mol. The zero-order valence-corrected chi connectivity index (χ0v) is 19.3. The molecule has 1 N–H and O–H groups in total. The van der Waals surface area contributed by atoms with Crippen molar-refractivity contribution >= 4 is 23.4 Å². The average Bonchev–Trinajstić information content (AvgIpc) is 3.41. The molecule has 0 bridgehead atoms. The molecule has 0 atom stereocenters. The normalized spacial score (nSPS) is 10.9. The molecule has 2 aromatic carbocycles. The van der Waals surface area contributed by atoms with Gasteiger partial charge >= 0.3 is 0 Å². The molecule has 0 aliphatic carbocycles. The summed E-state index contributed by atoms with van der Waals surface area (Å²) in [5.74, 6) is 1.09. The molecule has 0 aliphatic heterocycles. The fourth-order valence-electron chi connectivity index (χ4n) is 3.35. The SMILES string of the molecule is CCn1c(SCC(=O)Nc2ccc(OC)cc2)nnc1-c1cn(C)nc1-c1ccc(F)cc1. The van der Waals surface area contributed by atoms with Gasteiger partial charge < -0.3 is 14.6 Å². The summed E-state index contributed by atoms with van der Waals surface area (Å²) in [7, 11) is 3.42. The highest BCUT2D eigenvalue weighted by molar-refractivity contribution is 7.99. The summed E-state index contributed by atoms with van der Waals surface area (Å²) in [5.41, 5.74) is 2.95. The van der Waals surface area contributed by atoms with Crippen molar-refractivity contribution in [1.29, 1.82) is 0 Å². The molecule has 4 rings (SSSR count). The molecule has 1 amide bonds. The maximum absolute atomic E-state index is 13.4. The van der Waals surface area contributed by atoms with Crippen molar-refractivity contribution in [3.63, 3.8) is 0 Å². The highest BCUT2D eigenvalue weighted by Crippen LogP contribution is 2.32. The van der Waals surface area contributed by atoms with Gasteiger partial charge in [-0.15, -0.1) is 10.2 Å². The molecule has 0 saturated carbocycles. The van der Waals surface area contributed by atoms with E-state index in [0.717, 1.165) is 16.9 Å². The molecule has 0 radical (unpaired) electrons. The Morgan fingerprint density at radius 2 is 1.85 bits per heavy atom. The van der Waals surface area contributed by atoms with Gasteiger partial charge in [-0.1, -0.05) is 11.8 Å². The van der Waals surface area contributed by atoms with Gasteiger partial charge in [-0.2, -0.15) is 5.10 Å². The largest absolute Gasteiger partial charge is 0.497 e. The number of hydrogen-bond donors (Lipinski definition) is 1. The van der Waals surface area contributed by atoms with E-state index in [1.165, 1.54) is 23.9 Å². The van der Waals surface area contributed by atoms with E-state index in [2.05, 4.69) is 20.6 Å². The summed E-state index contributed by atoms with van der Waals surface area (Å²) in [6.45, 7) is 2.60. The molecule has 0 fully saturated rings. The van der Waals surface area contributed by atoms with Crippen LogP contribution >= 0.6 is 11.8 Å². The number of anilines is 1. The molecule has 4 aromatic rings. The first kappa shape index (κ1) is 22.5. The number of amides is 1. The van der Waals surface area contributed by atoms with E-state index in [-0.39, 0.29) is 17.5 Å². The molecule has 2 heterocycles. The number of methoxy groups -OCH3 is 1.